The Morgan fingerprint density at radius 1 is 1.09 bits per heavy atom. The van der Waals surface area contributed by atoms with Crippen LogP contribution in [0.25, 0.3) is 11.5 Å². The minimum Gasteiger partial charge on any atom is -0.441 e. The van der Waals surface area contributed by atoms with Gasteiger partial charge < -0.3 is 19.2 Å². The molecule has 2 heterocycles. The van der Waals surface area contributed by atoms with Crippen molar-refractivity contribution in [3.63, 3.8) is 0 Å². The van der Waals surface area contributed by atoms with E-state index in [-0.39, 0.29) is 24.9 Å². The van der Waals surface area contributed by atoms with Gasteiger partial charge in [-0.3, -0.25) is 9.69 Å². The van der Waals surface area contributed by atoms with Gasteiger partial charge in [0.1, 0.15) is 23.9 Å². The van der Waals surface area contributed by atoms with Crippen molar-refractivity contribution in [1.82, 2.24) is 15.2 Å². The molecule has 2 aromatic carbocycles. The minimum absolute atomic E-state index is 0.0682. The lowest BCUT2D eigenvalue weighted by molar-refractivity contribution is -0.126. The molecule has 1 aliphatic rings. The number of carbonyl (C=O) groups is 1. The van der Waals surface area contributed by atoms with Gasteiger partial charge in [-0.2, -0.15) is 0 Å². The Hall–Kier alpha value is -3.07. The molecule has 0 unspecified atom stereocenters. The molecule has 0 aliphatic carbocycles. The van der Waals surface area contributed by atoms with Crippen LogP contribution in [0, 0.1) is 12.7 Å². The summed E-state index contributed by atoms with van der Waals surface area (Å²) in [5.74, 6) is 0.731. The molecule has 8 heteroatoms. The van der Waals surface area contributed by atoms with Gasteiger partial charge in [-0.25, -0.2) is 9.37 Å². The number of oxazole rings is 1. The predicted octanol–water partition coefficient (Wildman–Crippen LogP) is 3.50. The van der Waals surface area contributed by atoms with Crippen molar-refractivity contribution in [2.24, 2.45) is 0 Å². The zero-order valence-corrected chi connectivity index (χ0v) is 19.4. The Kier molecular flexibility index (Phi) is 8.41. The van der Waals surface area contributed by atoms with Gasteiger partial charge in [-0.15, -0.1) is 0 Å². The number of aryl methyl sites for hydroxylation is 1. The molecule has 1 fully saturated rings. The topological polar surface area (TPSA) is 76.8 Å². The Balaban J connectivity index is 1.21. The van der Waals surface area contributed by atoms with E-state index in [4.69, 9.17) is 13.9 Å². The van der Waals surface area contributed by atoms with Crippen molar-refractivity contribution < 1.29 is 23.1 Å². The van der Waals surface area contributed by atoms with Crippen LogP contribution in [0.1, 0.15) is 22.6 Å². The van der Waals surface area contributed by atoms with Crippen LogP contribution in [-0.4, -0.2) is 55.2 Å². The zero-order valence-electron chi connectivity index (χ0n) is 19.4. The quantitative estimate of drug-likeness (QED) is 0.492. The molecular formula is C26H30FN3O4. The summed E-state index contributed by atoms with van der Waals surface area (Å²) in [6.45, 7) is 6.81. The highest BCUT2D eigenvalue weighted by atomic mass is 19.1. The van der Waals surface area contributed by atoms with E-state index >= 15 is 0 Å². The van der Waals surface area contributed by atoms with Crippen molar-refractivity contribution in [2.75, 3.05) is 39.5 Å². The van der Waals surface area contributed by atoms with Crippen LogP contribution >= 0.6 is 0 Å². The summed E-state index contributed by atoms with van der Waals surface area (Å²) in [6.07, 6.45) is 0.628. The van der Waals surface area contributed by atoms with Gasteiger partial charge >= 0.3 is 0 Å². The minimum atomic E-state index is -0.270. The highest BCUT2D eigenvalue weighted by Crippen LogP contribution is 2.23. The van der Waals surface area contributed by atoms with E-state index in [1.54, 1.807) is 12.1 Å². The van der Waals surface area contributed by atoms with E-state index in [9.17, 15) is 9.18 Å². The van der Waals surface area contributed by atoms with Crippen molar-refractivity contribution in [3.05, 3.63) is 76.9 Å². The number of carbonyl (C=O) groups excluding carboxylic acids is 1. The van der Waals surface area contributed by atoms with Gasteiger partial charge in [0.05, 0.1) is 19.8 Å². The first-order valence-corrected chi connectivity index (χ1v) is 11.5. The molecule has 7 nitrogen and oxygen atoms in total. The lowest BCUT2D eigenvalue weighted by Gasteiger charge is -2.26. The van der Waals surface area contributed by atoms with Crippen LogP contribution in [-0.2, 0) is 33.8 Å². The number of amides is 1. The van der Waals surface area contributed by atoms with Crippen LogP contribution in [0.3, 0.4) is 0 Å². The molecule has 0 radical (unpaired) electrons. The smallest absolute Gasteiger partial charge is 0.246 e. The Morgan fingerprint density at radius 2 is 1.79 bits per heavy atom. The number of hydrogen-bond donors (Lipinski definition) is 1. The second-order valence-electron chi connectivity index (χ2n) is 8.33. The van der Waals surface area contributed by atoms with E-state index in [0.29, 0.717) is 30.3 Å². The summed E-state index contributed by atoms with van der Waals surface area (Å²) in [5, 5.41) is 2.80. The standard InChI is InChI=1S/C26H30FN3O4/c1-19-24(17-33-18-25(31)28-11-10-20-4-8-23(27)9-5-20)29-26(34-19)22-6-2-21(3-7-22)16-30-12-14-32-15-13-30/h2-9H,10-18H2,1H3,(H,28,31). The number of halogens is 1. The fourth-order valence-corrected chi connectivity index (χ4v) is 3.74. The van der Waals surface area contributed by atoms with Crippen molar-refractivity contribution in [1.29, 1.82) is 0 Å². The number of morpholine rings is 1. The van der Waals surface area contributed by atoms with Crippen LogP contribution in [0.4, 0.5) is 4.39 Å². The SMILES string of the molecule is Cc1oc(-c2ccc(CN3CCOCC3)cc2)nc1COCC(=O)NCCc1ccc(F)cc1. The fourth-order valence-electron chi connectivity index (χ4n) is 3.74. The number of nitrogens with zero attached hydrogens (tertiary/aromatic N) is 2. The maximum Gasteiger partial charge on any atom is 0.246 e. The highest BCUT2D eigenvalue weighted by Gasteiger charge is 2.14. The highest BCUT2D eigenvalue weighted by molar-refractivity contribution is 5.77. The van der Waals surface area contributed by atoms with E-state index in [1.807, 2.05) is 19.1 Å². The van der Waals surface area contributed by atoms with E-state index in [0.717, 1.165) is 44.0 Å². The maximum absolute atomic E-state index is 12.9. The Morgan fingerprint density at radius 3 is 2.53 bits per heavy atom. The lowest BCUT2D eigenvalue weighted by atomic mass is 10.1. The van der Waals surface area contributed by atoms with Crippen LogP contribution in [0.2, 0.25) is 0 Å². The van der Waals surface area contributed by atoms with Crippen LogP contribution in [0.5, 0.6) is 0 Å². The van der Waals surface area contributed by atoms with Gasteiger partial charge in [0.15, 0.2) is 0 Å². The van der Waals surface area contributed by atoms with Crippen molar-refractivity contribution in [3.8, 4) is 11.5 Å². The maximum atomic E-state index is 12.9. The molecule has 1 N–H and O–H groups in total. The molecule has 0 bridgehead atoms. The third-order valence-electron chi connectivity index (χ3n) is 5.72. The number of hydrogen-bond acceptors (Lipinski definition) is 6. The van der Waals surface area contributed by atoms with Gasteiger partial charge in [0, 0.05) is 31.7 Å². The average molecular weight is 468 g/mol. The first-order chi connectivity index (χ1) is 16.6. The number of benzene rings is 2. The molecule has 0 atom stereocenters. The normalized spacial score (nSPS) is 14.3. The number of aromatic nitrogens is 1. The van der Waals surface area contributed by atoms with Gasteiger partial charge in [-0.1, -0.05) is 24.3 Å². The molecule has 3 aromatic rings. The summed E-state index contributed by atoms with van der Waals surface area (Å²) in [4.78, 5) is 18.9. The van der Waals surface area contributed by atoms with Crippen molar-refractivity contribution in [2.45, 2.75) is 26.5 Å². The van der Waals surface area contributed by atoms with Gasteiger partial charge in [0.25, 0.3) is 0 Å². The molecule has 0 saturated carbocycles. The number of ether oxygens (including phenoxy) is 2. The molecule has 34 heavy (non-hydrogen) atoms. The largest absolute Gasteiger partial charge is 0.441 e. The second kappa shape index (κ2) is 11.9. The third kappa shape index (κ3) is 6.96. The lowest BCUT2D eigenvalue weighted by Crippen LogP contribution is -2.35. The summed E-state index contributed by atoms with van der Waals surface area (Å²) >= 11 is 0. The fraction of sp³-hybridized carbons (Fsp3) is 0.385. The summed E-state index contributed by atoms with van der Waals surface area (Å²) in [6, 6.07) is 14.5. The molecule has 1 amide bonds. The van der Waals surface area contributed by atoms with Crippen LogP contribution in [0.15, 0.2) is 52.9 Å². The molecule has 180 valence electrons. The number of rotatable bonds is 10. The molecular weight excluding hydrogens is 437 g/mol. The first-order valence-electron chi connectivity index (χ1n) is 11.5. The molecule has 1 aliphatic heterocycles. The van der Waals surface area contributed by atoms with Gasteiger partial charge in [-0.05, 0) is 48.7 Å². The molecule has 0 spiro atoms. The zero-order chi connectivity index (χ0) is 23.8. The second-order valence-corrected chi connectivity index (χ2v) is 8.33. The molecule has 1 saturated heterocycles. The third-order valence-corrected chi connectivity index (χ3v) is 5.72. The molecule has 1 aromatic heterocycles. The monoisotopic (exact) mass is 467 g/mol. The Labute approximate surface area is 198 Å². The van der Waals surface area contributed by atoms with E-state index in [2.05, 4.69) is 27.3 Å². The summed E-state index contributed by atoms with van der Waals surface area (Å²) < 4.78 is 29.7. The van der Waals surface area contributed by atoms with E-state index < -0.39 is 0 Å². The predicted molar refractivity (Wildman–Crippen MR) is 126 cm³/mol. The average Bonchev–Trinajstić information content (AvgIpc) is 3.22. The summed E-state index contributed by atoms with van der Waals surface area (Å²) in [7, 11) is 0. The van der Waals surface area contributed by atoms with Crippen LogP contribution < -0.4 is 5.32 Å². The summed E-state index contributed by atoms with van der Waals surface area (Å²) in [5.41, 5.74) is 3.77. The van der Waals surface area contributed by atoms with E-state index in [1.165, 1.54) is 17.7 Å². The Bertz CT molecular complexity index is 1060. The van der Waals surface area contributed by atoms with Crippen molar-refractivity contribution >= 4 is 5.91 Å². The molecule has 4 rings (SSSR count). The number of nitrogens with one attached hydrogen (secondary N) is 1. The van der Waals surface area contributed by atoms with Gasteiger partial charge in [0.2, 0.25) is 11.8 Å². The first kappa shape index (κ1) is 24.1.